The first-order valence-electron chi connectivity index (χ1n) is 6.70. The fourth-order valence-corrected chi connectivity index (χ4v) is 1.62. The summed E-state index contributed by atoms with van der Waals surface area (Å²) in [4.78, 5) is 15.6. The summed E-state index contributed by atoms with van der Waals surface area (Å²) < 4.78 is 10.2. The Morgan fingerprint density at radius 1 is 1.20 bits per heavy atom. The van der Waals surface area contributed by atoms with Crippen molar-refractivity contribution in [3.63, 3.8) is 0 Å². The molecule has 0 bridgehead atoms. The van der Waals surface area contributed by atoms with Crippen molar-refractivity contribution >= 4 is 5.97 Å². The van der Waals surface area contributed by atoms with Crippen LogP contribution in [0.25, 0.3) is 11.5 Å². The maximum atomic E-state index is 11.2. The highest BCUT2D eigenvalue weighted by molar-refractivity contribution is 5.72. The number of benzene rings is 1. The van der Waals surface area contributed by atoms with Crippen LogP contribution in [0.4, 0.5) is 0 Å². The number of hydrogen-bond donors (Lipinski definition) is 0. The van der Waals surface area contributed by atoms with Crippen molar-refractivity contribution < 1.29 is 13.9 Å². The lowest BCUT2D eigenvalue weighted by Crippen LogP contribution is -2.05. The van der Waals surface area contributed by atoms with Crippen LogP contribution in [0.5, 0.6) is 0 Å². The minimum atomic E-state index is -0.318. The first kappa shape index (κ1) is 16.0. The van der Waals surface area contributed by atoms with E-state index in [1.165, 1.54) is 12.7 Å². The van der Waals surface area contributed by atoms with Crippen molar-refractivity contribution in [2.45, 2.75) is 34.1 Å². The second-order valence-corrected chi connectivity index (χ2v) is 4.14. The van der Waals surface area contributed by atoms with Crippen molar-refractivity contribution in [2.24, 2.45) is 0 Å². The van der Waals surface area contributed by atoms with E-state index in [1.807, 2.05) is 45.0 Å². The molecule has 4 heteroatoms. The molecule has 0 N–H and O–H groups in total. The largest absolute Gasteiger partial charge is 0.469 e. The maximum Gasteiger partial charge on any atom is 0.311 e. The second kappa shape index (κ2) is 7.48. The summed E-state index contributed by atoms with van der Waals surface area (Å²) in [5, 5.41) is 0. The van der Waals surface area contributed by atoms with Gasteiger partial charge in [0.15, 0.2) is 0 Å². The van der Waals surface area contributed by atoms with Gasteiger partial charge in [-0.15, -0.1) is 0 Å². The molecule has 0 aliphatic heterocycles. The van der Waals surface area contributed by atoms with E-state index in [0.29, 0.717) is 17.3 Å². The predicted molar refractivity (Wildman–Crippen MR) is 78.5 cm³/mol. The molecule has 0 fully saturated rings. The number of esters is 1. The van der Waals surface area contributed by atoms with Gasteiger partial charge in [0.2, 0.25) is 5.89 Å². The van der Waals surface area contributed by atoms with Gasteiger partial charge in [0, 0.05) is 5.56 Å². The number of rotatable bonds is 3. The third-order valence-electron chi connectivity index (χ3n) is 2.73. The van der Waals surface area contributed by atoms with Gasteiger partial charge in [-0.05, 0) is 26.0 Å². The quantitative estimate of drug-likeness (QED) is 0.801. The second-order valence-electron chi connectivity index (χ2n) is 4.14. The van der Waals surface area contributed by atoms with Crippen molar-refractivity contribution in [3.8, 4) is 11.5 Å². The smallest absolute Gasteiger partial charge is 0.311 e. The van der Waals surface area contributed by atoms with E-state index in [9.17, 15) is 4.79 Å². The Labute approximate surface area is 119 Å². The Kier molecular flexibility index (Phi) is 5.97. The lowest BCUT2D eigenvalue weighted by molar-refractivity contribution is -0.139. The summed E-state index contributed by atoms with van der Waals surface area (Å²) in [6.07, 6.45) is 0.137. The number of oxazole rings is 1. The predicted octanol–water partition coefficient (Wildman–Crippen LogP) is 3.70. The number of aryl methyl sites for hydroxylation is 2. The molecule has 0 atom stereocenters. The van der Waals surface area contributed by atoms with Crippen molar-refractivity contribution in [2.75, 3.05) is 7.11 Å². The first-order valence-corrected chi connectivity index (χ1v) is 6.70. The SMILES string of the molecule is CC.COC(=O)Cc1nc(-c2ccc(C)cc2)oc1C. The van der Waals surface area contributed by atoms with Crippen LogP contribution in [-0.2, 0) is 16.0 Å². The van der Waals surface area contributed by atoms with Crippen molar-refractivity contribution in [3.05, 3.63) is 41.3 Å². The van der Waals surface area contributed by atoms with Crippen LogP contribution in [0.1, 0.15) is 30.9 Å². The van der Waals surface area contributed by atoms with Crippen LogP contribution in [-0.4, -0.2) is 18.1 Å². The number of ether oxygens (including phenoxy) is 1. The molecular formula is C16H21NO3. The third-order valence-corrected chi connectivity index (χ3v) is 2.73. The standard InChI is InChI=1S/C14H15NO3.C2H6/c1-9-4-6-11(7-5-9)14-15-12(10(2)18-14)8-13(16)17-3;1-2/h4-7H,8H2,1-3H3;1-2H3. The normalized spacial score (nSPS) is 9.65. The van der Waals surface area contributed by atoms with Crippen LogP contribution < -0.4 is 0 Å². The molecule has 0 unspecified atom stereocenters. The highest BCUT2D eigenvalue weighted by atomic mass is 16.5. The molecule has 0 saturated heterocycles. The van der Waals surface area contributed by atoms with E-state index in [0.717, 1.165) is 5.56 Å². The van der Waals surface area contributed by atoms with Crippen LogP contribution in [0.2, 0.25) is 0 Å². The molecule has 1 aromatic carbocycles. The Hall–Kier alpha value is -2.10. The highest BCUT2D eigenvalue weighted by Crippen LogP contribution is 2.22. The van der Waals surface area contributed by atoms with Crippen LogP contribution in [0.3, 0.4) is 0 Å². The zero-order chi connectivity index (χ0) is 15.1. The van der Waals surface area contributed by atoms with E-state index in [2.05, 4.69) is 9.72 Å². The summed E-state index contributed by atoms with van der Waals surface area (Å²) >= 11 is 0. The number of methoxy groups -OCH3 is 1. The van der Waals surface area contributed by atoms with Gasteiger partial charge in [0.1, 0.15) is 5.76 Å². The average Bonchev–Trinajstić information content (AvgIpc) is 2.83. The molecular weight excluding hydrogens is 254 g/mol. The third kappa shape index (κ3) is 3.95. The van der Waals surface area contributed by atoms with E-state index < -0.39 is 0 Å². The van der Waals surface area contributed by atoms with Crippen molar-refractivity contribution in [1.29, 1.82) is 0 Å². The zero-order valence-electron chi connectivity index (χ0n) is 12.7. The molecule has 20 heavy (non-hydrogen) atoms. The minimum absolute atomic E-state index is 0.137. The summed E-state index contributed by atoms with van der Waals surface area (Å²) in [6, 6.07) is 7.88. The fourth-order valence-electron chi connectivity index (χ4n) is 1.62. The zero-order valence-corrected chi connectivity index (χ0v) is 12.7. The number of hydrogen-bond acceptors (Lipinski definition) is 4. The van der Waals surface area contributed by atoms with E-state index in [1.54, 1.807) is 6.92 Å². The van der Waals surface area contributed by atoms with Gasteiger partial charge in [-0.3, -0.25) is 4.79 Å². The average molecular weight is 275 g/mol. The fraction of sp³-hybridized carbons (Fsp3) is 0.375. The van der Waals surface area contributed by atoms with Crippen molar-refractivity contribution in [1.82, 2.24) is 4.98 Å². The van der Waals surface area contributed by atoms with Gasteiger partial charge >= 0.3 is 5.97 Å². The molecule has 4 nitrogen and oxygen atoms in total. The van der Waals surface area contributed by atoms with Gasteiger partial charge in [-0.25, -0.2) is 4.98 Å². The van der Waals surface area contributed by atoms with Crippen LogP contribution in [0.15, 0.2) is 28.7 Å². The molecule has 1 aromatic heterocycles. The lowest BCUT2D eigenvalue weighted by atomic mass is 10.1. The summed E-state index contributed by atoms with van der Waals surface area (Å²) in [6.45, 7) is 7.82. The minimum Gasteiger partial charge on any atom is -0.469 e. The topological polar surface area (TPSA) is 52.3 Å². The molecule has 2 aromatic rings. The van der Waals surface area contributed by atoms with Crippen LogP contribution >= 0.6 is 0 Å². The Bertz CT molecular complexity index is 556. The van der Waals surface area contributed by atoms with Gasteiger partial charge < -0.3 is 9.15 Å². The molecule has 0 amide bonds. The summed E-state index contributed by atoms with van der Waals surface area (Å²) in [5.74, 6) is 0.865. The molecule has 108 valence electrons. The van der Waals surface area contributed by atoms with E-state index >= 15 is 0 Å². The molecule has 2 rings (SSSR count). The number of nitrogens with zero attached hydrogens (tertiary/aromatic N) is 1. The molecule has 0 spiro atoms. The summed E-state index contributed by atoms with van der Waals surface area (Å²) in [5.41, 5.74) is 2.70. The van der Waals surface area contributed by atoms with Gasteiger partial charge in [-0.1, -0.05) is 31.5 Å². The molecule has 0 aliphatic rings. The number of carbonyl (C=O) groups is 1. The van der Waals surface area contributed by atoms with Gasteiger partial charge in [0.05, 0.1) is 19.2 Å². The number of carbonyl (C=O) groups excluding carboxylic acids is 1. The molecule has 0 radical (unpaired) electrons. The maximum absolute atomic E-state index is 11.2. The molecule has 0 saturated carbocycles. The molecule has 1 heterocycles. The monoisotopic (exact) mass is 275 g/mol. The molecule has 0 aliphatic carbocycles. The van der Waals surface area contributed by atoms with E-state index in [4.69, 9.17) is 4.42 Å². The van der Waals surface area contributed by atoms with E-state index in [-0.39, 0.29) is 12.4 Å². The Morgan fingerprint density at radius 2 is 1.80 bits per heavy atom. The van der Waals surface area contributed by atoms with Gasteiger partial charge in [-0.2, -0.15) is 0 Å². The number of aromatic nitrogens is 1. The lowest BCUT2D eigenvalue weighted by Gasteiger charge is -1.95. The summed E-state index contributed by atoms with van der Waals surface area (Å²) in [7, 11) is 1.36. The Balaban J connectivity index is 0.000000956. The van der Waals surface area contributed by atoms with Crippen LogP contribution in [0, 0.1) is 13.8 Å². The first-order chi connectivity index (χ1) is 9.60. The van der Waals surface area contributed by atoms with Gasteiger partial charge in [0.25, 0.3) is 0 Å². The Morgan fingerprint density at radius 3 is 2.35 bits per heavy atom. The highest BCUT2D eigenvalue weighted by Gasteiger charge is 2.14.